The quantitative estimate of drug-likeness (QED) is 0.599. The van der Waals surface area contributed by atoms with Gasteiger partial charge in [-0.3, -0.25) is 9.59 Å². The summed E-state index contributed by atoms with van der Waals surface area (Å²) in [5.74, 6) is -0.590. The van der Waals surface area contributed by atoms with Crippen LogP contribution in [0.3, 0.4) is 0 Å². The highest BCUT2D eigenvalue weighted by Crippen LogP contribution is 2.47. The van der Waals surface area contributed by atoms with E-state index in [2.05, 4.69) is 5.32 Å². The second-order valence-electron chi connectivity index (χ2n) is 8.79. The average molecular weight is 451 g/mol. The van der Waals surface area contributed by atoms with E-state index >= 15 is 0 Å². The van der Waals surface area contributed by atoms with E-state index in [1.807, 2.05) is 68.4 Å². The number of hydrogen-bond acceptors (Lipinski definition) is 5. The summed E-state index contributed by atoms with van der Waals surface area (Å²) in [5, 5.41) is 23.3. The number of benzene rings is 2. The second-order valence-corrected chi connectivity index (χ2v) is 8.79. The summed E-state index contributed by atoms with van der Waals surface area (Å²) in [6.07, 6.45) is -0.0264. The van der Waals surface area contributed by atoms with Gasteiger partial charge in [0.15, 0.2) is 0 Å². The Hall–Kier alpha value is -3.16. The van der Waals surface area contributed by atoms with Gasteiger partial charge in [-0.15, -0.1) is 0 Å². The number of para-hydroxylation sites is 1. The molecule has 2 aliphatic rings. The number of carbonyl (C=O) groups is 2. The molecule has 174 valence electrons. The van der Waals surface area contributed by atoms with Crippen LogP contribution in [-0.2, 0) is 16.1 Å². The monoisotopic (exact) mass is 450 g/mol. The normalized spacial score (nSPS) is 23.2. The molecule has 0 saturated carbocycles. The third-order valence-electron chi connectivity index (χ3n) is 6.21. The smallest absolute Gasteiger partial charge is 0.247 e. The van der Waals surface area contributed by atoms with E-state index < -0.39 is 24.2 Å². The maximum Gasteiger partial charge on any atom is 0.247 e. The van der Waals surface area contributed by atoms with Crippen LogP contribution in [0.5, 0.6) is 5.75 Å². The van der Waals surface area contributed by atoms with E-state index in [1.165, 1.54) is 0 Å². The molecular formula is C26H30N2O5. The van der Waals surface area contributed by atoms with E-state index in [0.717, 1.165) is 11.1 Å². The first-order valence-electron chi connectivity index (χ1n) is 11.3. The van der Waals surface area contributed by atoms with Crippen molar-refractivity contribution in [3.05, 3.63) is 77.4 Å². The Morgan fingerprint density at radius 2 is 1.79 bits per heavy atom. The van der Waals surface area contributed by atoms with E-state index in [1.54, 1.807) is 11.0 Å². The van der Waals surface area contributed by atoms with E-state index in [0.29, 0.717) is 17.9 Å². The van der Waals surface area contributed by atoms with Gasteiger partial charge in [-0.05, 0) is 17.7 Å². The van der Waals surface area contributed by atoms with Crippen LogP contribution < -0.4 is 10.1 Å². The first-order chi connectivity index (χ1) is 15.9. The molecule has 4 rings (SSSR count). The van der Waals surface area contributed by atoms with Crippen LogP contribution in [0.25, 0.3) is 0 Å². The maximum atomic E-state index is 13.3. The summed E-state index contributed by atoms with van der Waals surface area (Å²) >= 11 is 0. The Balaban J connectivity index is 1.77. The third-order valence-corrected chi connectivity index (χ3v) is 6.21. The van der Waals surface area contributed by atoms with Crippen LogP contribution in [-0.4, -0.2) is 58.3 Å². The van der Waals surface area contributed by atoms with Crippen molar-refractivity contribution in [2.24, 2.45) is 5.92 Å². The van der Waals surface area contributed by atoms with Crippen LogP contribution in [0.15, 0.2) is 66.2 Å². The van der Waals surface area contributed by atoms with E-state index in [-0.39, 0.29) is 30.9 Å². The Morgan fingerprint density at radius 3 is 2.48 bits per heavy atom. The number of amides is 2. The zero-order valence-electron chi connectivity index (χ0n) is 18.8. The van der Waals surface area contributed by atoms with Crippen molar-refractivity contribution < 1.29 is 24.5 Å². The lowest BCUT2D eigenvalue weighted by Crippen LogP contribution is -2.56. The van der Waals surface area contributed by atoms with Crippen molar-refractivity contribution in [2.45, 2.75) is 44.6 Å². The van der Waals surface area contributed by atoms with Crippen molar-refractivity contribution in [1.82, 2.24) is 10.2 Å². The molecule has 1 aliphatic carbocycles. The highest BCUT2D eigenvalue weighted by Gasteiger charge is 2.50. The van der Waals surface area contributed by atoms with Crippen molar-refractivity contribution in [3.8, 4) is 5.75 Å². The number of ether oxygens (including phenoxy) is 1. The number of nitrogens with one attached hydrogen (secondary N) is 1. The van der Waals surface area contributed by atoms with Crippen molar-refractivity contribution in [2.75, 3.05) is 13.2 Å². The lowest BCUT2D eigenvalue weighted by atomic mass is 9.77. The number of rotatable bonds is 7. The van der Waals surface area contributed by atoms with Gasteiger partial charge in [0.05, 0.1) is 18.6 Å². The van der Waals surface area contributed by atoms with Crippen molar-refractivity contribution in [1.29, 1.82) is 0 Å². The molecule has 0 spiro atoms. The third kappa shape index (κ3) is 4.51. The minimum Gasteiger partial charge on any atom is -0.486 e. The standard InChI is InChI=1S/C26H30N2O5/c1-16(2)26(32)28(15-17-8-4-3-5-9-17)20-14-19(25(31)27-12-13-29)22-18-10-6-7-11-21(18)33-24(22)23(20)30/h3-11,14,16,20,22-24,29-30H,12-13,15H2,1-2H3,(H,27,31)/t20-,22+,23+,24+/m1/s1. The van der Waals surface area contributed by atoms with Gasteiger partial charge >= 0.3 is 0 Å². The van der Waals surface area contributed by atoms with Gasteiger partial charge < -0.3 is 25.2 Å². The largest absolute Gasteiger partial charge is 0.486 e. The molecule has 0 saturated heterocycles. The molecule has 0 radical (unpaired) electrons. The first-order valence-corrected chi connectivity index (χ1v) is 11.3. The Kier molecular flexibility index (Phi) is 6.81. The molecule has 0 aromatic heterocycles. The number of nitrogens with zero attached hydrogens (tertiary/aromatic N) is 1. The summed E-state index contributed by atoms with van der Waals surface area (Å²) in [6, 6.07) is 16.3. The fourth-order valence-corrected chi connectivity index (χ4v) is 4.63. The van der Waals surface area contributed by atoms with Gasteiger partial charge in [-0.2, -0.15) is 0 Å². The molecule has 33 heavy (non-hydrogen) atoms. The molecule has 0 fully saturated rings. The molecule has 0 unspecified atom stereocenters. The van der Waals surface area contributed by atoms with Crippen LogP contribution in [0, 0.1) is 5.92 Å². The topological polar surface area (TPSA) is 99.1 Å². The summed E-state index contributed by atoms with van der Waals surface area (Å²) in [7, 11) is 0. The Labute approximate surface area is 193 Å². The molecule has 2 aromatic rings. The molecule has 4 atom stereocenters. The van der Waals surface area contributed by atoms with E-state index in [4.69, 9.17) is 4.74 Å². The Morgan fingerprint density at radius 1 is 1.09 bits per heavy atom. The van der Waals surface area contributed by atoms with Gasteiger partial charge in [-0.25, -0.2) is 0 Å². The number of aliphatic hydroxyl groups excluding tert-OH is 2. The highest BCUT2D eigenvalue weighted by atomic mass is 16.5. The van der Waals surface area contributed by atoms with Gasteiger partial charge in [0.2, 0.25) is 11.8 Å². The predicted octanol–water partition coefficient (Wildman–Crippen LogP) is 1.99. The van der Waals surface area contributed by atoms with Crippen molar-refractivity contribution in [3.63, 3.8) is 0 Å². The van der Waals surface area contributed by atoms with E-state index in [9.17, 15) is 19.8 Å². The maximum absolute atomic E-state index is 13.3. The molecule has 0 bridgehead atoms. The van der Waals surface area contributed by atoms with Gasteiger partial charge in [0.1, 0.15) is 18.0 Å². The van der Waals surface area contributed by atoms with Crippen LogP contribution >= 0.6 is 0 Å². The average Bonchev–Trinajstić information content (AvgIpc) is 3.22. The first kappa shape index (κ1) is 23.0. The van der Waals surface area contributed by atoms with Gasteiger partial charge in [0.25, 0.3) is 0 Å². The predicted molar refractivity (Wildman–Crippen MR) is 123 cm³/mol. The lowest BCUT2D eigenvalue weighted by molar-refractivity contribution is -0.141. The fourth-order valence-electron chi connectivity index (χ4n) is 4.63. The Bertz CT molecular complexity index is 1040. The minimum atomic E-state index is -1.02. The fraction of sp³-hybridized carbons (Fsp3) is 0.385. The number of fused-ring (bicyclic) bond motifs is 3. The van der Waals surface area contributed by atoms with Crippen LogP contribution in [0.4, 0.5) is 0 Å². The molecule has 2 aromatic carbocycles. The van der Waals surface area contributed by atoms with Gasteiger partial charge in [0, 0.05) is 30.1 Å². The number of carbonyl (C=O) groups excluding carboxylic acids is 2. The zero-order valence-corrected chi connectivity index (χ0v) is 18.8. The second kappa shape index (κ2) is 9.77. The number of hydrogen-bond donors (Lipinski definition) is 3. The van der Waals surface area contributed by atoms with Crippen LogP contribution in [0.1, 0.15) is 30.9 Å². The van der Waals surface area contributed by atoms with Crippen LogP contribution in [0.2, 0.25) is 0 Å². The molecule has 1 aliphatic heterocycles. The summed E-state index contributed by atoms with van der Waals surface area (Å²) in [5.41, 5.74) is 2.19. The molecule has 7 heteroatoms. The SMILES string of the molecule is CC(C)C(=O)N(Cc1ccccc1)[C@@H]1C=C(C(=O)NCCO)[C@@H]2c3ccccc3O[C@@H]2[C@H]1O. The summed E-state index contributed by atoms with van der Waals surface area (Å²) < 4.78 is 6.12. The molecule has 7 nitrogen and oxygen atoms in total. The molecule has 1 heterocycles. The summed E-state index contributed by atoms with van der Waals surface area (Å²) in [4.78, 5) is 28.0. The minimum absolute atomic E-state index is 0.113. The molecule has 3 N–H and O–H groups in total. The lowest BCUT2D eigenvalue weighted by Gasteiger charge is -2.41. The van der Waals surface area contributed by atoms with Crippen molar-refractivity contribution >= 4 is 11.8 Å². The zero-order chi connectivity index (χ0) is 23.5. The number of aliphatic hydroxyl groups is 2. The van der Waals surface area contributed by atoms with Gasteiger partial charge in [-0.1, -0.05) is 62.4 Å². The highest BCUT2D eigenvalue weighted by molar-refractivity contribution is 5.96. The molecular weight excluding hydrogens is 420 g/mol. The molecule has 2 amide bonds. The summed E-state index contributed by atoms with van der Waals surface area (Å²) in [6.45, 7) is 3.86.